The van der Waals surface area contributed by atoms with Gasteiger partial charge in [-0.05, 0) is 36.8 Å². The van der Waals surface area contributed by atoms with E-state index >= 15 is 0 Å². The van der Waals surface area contributed by atoms with Crippen LogP contribution in [0, 0.1) is 6.92 Å². The monoisotopic (exact) mass is 333 g/mol. The molecule has 2 aromatic rings. The molecule has 23 heavy (non-hydrogen) atoms. The summed E-state index contributed by atoms with van der Waals surface area (Å²) in [4.78, 5) is 12.2. The van der Waals surface area contributed by atoms with Crippen molar-refractivity contribution >= 4 is 16.0 Å². The first-order valence-electron chi connectivity index (χ1n) is 7.06. The molecule has 0 fully saturated rings. The molecule has 6 heteroatoms. The minimum Gasteiger partial charge on any atom is -0.457 e. The Morgan fingerprint density at radius 2 is 1.74 bits per heavy atom. The standard InChI is InChI=1S/C17H19NO4S/c1-13-5-4-6-14(11-13)12-22-17(19)15-7-9-16(10-8-15)23(20,21)18(2)3/h4-11H,12H2,1-3H3. The Hall–Kier alpha value is -2.18. The van der Waals surface area contributed by atoms with Gasteiger partial charge in [-0.15, -0.1) is 0 Å². The molecule has 122 valence electrons. The van der Waals surface area contributed by atoms with E-state index in [4.69, 9.17) is 4.74 Å². The van der Waals surface area contributed by atoms with Gasteiger partial charge in [-0.25, -0.2) is 17.5 Å². The van der Waals surface area contributed by atoms with E-state index in [1.54, 1.807) is 0 Å². The molecule has 0 atom stereocenters. The highest BCUT2D eigenvalue weighted by Gasteiger charge is 2.17. The number of sulfonamides is 1. The normalized spacial score (nSPS) is 11.5. The van der Waals surface area contributed by atoms with E-state index in [9.17, 15) is 13.2 Å². The highest BCUT2D eigenvalue weighted by Crippen LogP contribution is 2.15. The lowest BCUT2D eigenvalue weighted by Gasteiger charge is -2.11. The average Bonchev–Trinajstić information content (AvgIpc) is 2.52. The van der Waals surface area contributed by atoms with Crippen LogP contribution in [0.15, 0.2) is 53.4 Å². The molecule has 2 rings (SSSR count). The quantitative estimate of drug-likeness (QED) is 0.789. The Bertz CT molecular complexity index is 796. The number of hydrogen-bond acceptors (Lipinski definition) is 4. The van der Waals surface area contributed by atoms with Crippen LogP contribution >= 0.6 is 0 Å². The predicted octanol–water partition coefficient (Wildman–Crippen LogP) is 2.60. The van der Waals surface area contributed by atoms with E-state index in [1.807, 2.05) is 31.2 Å². The molecular weight excluding hydrogens is 314 g/mol. The number of ether oxygens (including phenoxy) is 1. The summed E-state index contributed by atoms with van der Waals surface area (Å²) in [5.41, 5.74) is 2.32. The first-order chi connectivity index (χ1) is 10.8. The van der Waals surface area contributed by atoms with E-state index in [1.165, 1.54) is 38.4 Å². The number of rotatable bonds is 5. The average molecular weight is 333 g/mol. The number of nitrogens with zero attached hydrogens (tertiary/aromatic N) is 1. The molecule has 0 saturated heterocycles. The molecule has 0 aromatic heterocycles. The Kier molecular flexibility index (Phi) is 5.18. The van der Waals surface area contributed by atoms with E-state index < -0.39 is 16.0 Å². The Morgan fingerprint density at radius 1 is 1.09 bits per heavy atom. The number of aryl methyl sites for hydroxylation is 1. The summed E-state index contributed by atoms with van der Waals surface area (Å²) in [6.45, 7) is 2.15. The molecule has 0 spiro atoms. The van der Waals surface area contributed by atoms with Crippen molar-refractivity contribution < 1.29 is 17.9 Å². The fourth-order valence-corrected chi connectivity index (χ4v) is 2.91. The van der Waals surface area contributed by atoms with Crippen molar-refractivity contribution in [2.24, 2.45) is 0 Å². The molecule has 0 saturated carbocycles. The van der Waals surface area contributed by atoms with Gasteiger partial charge in [0.15, 0.2) is 0 Å². The molecular formula is C17H19NO4S. The van der Waals surface area contributed by atoms with Crippen LogP contribution in [0.25, 0.3) is 0 Å². The molecule has 0 aliphatic heterocycles. The lowest BCUT2D eigenvalue weighted by molar-refractivity contribution is 0.0472. The lowest BCUT2D eigenvalue weighted by Crippen LogP contribution is -2.22. The minimum atomic E-state index is -3.50. The maximum atomic E-state index is 12.0. The van der Waals surface area contributed by atoms with Crippen LogP contribution in [0.3, 0.4) is 0 Å². The molecule has 0 radical (unpaired) electrons. The van der Waals surface area contributed by atoms with Gasteiger partial charge in [0, 0.05) is 14.1 Å². The molecule has 0 bridgehead atoms. The van der Waals surface area contributed by atoms with Gasteiger partial charge in [0.05, 0.1) is 10.5 Å². The fourth-order valence-electron chi connectivity index (χ4n) is 2.01. The molecule has 0 amide bonds. The van der Waals surface area contributed by atoms with Crippen LogP contribution in [-0.2, 0) is 21.4 Å². The molecule has 0 heterocycles. The summed E-state index contributed by atoms with van der Waals surface area (Å²) in [7, 11) is -0.583. The summed E-state index contributed by atoms with van der Waals surface area (Å²) in [6.07, 6.45) is 0. The van der Waals surface area contributed by atoms with Crippen molar-refractivity contribution in [1.29, 1.82) is 0 Å². The van der Waals surface area contributed by atoms with Gasteiger partial charge in [0.1, 0.15) is 6.61 Å². The molecule has 2 aromatic carbocycles. The lowest BCUT2D eigenvalue weighted by atomic mass is 10.1. The van der Waals surface area contributed by atoms with Crippen molar-refractivity contribution in [2.75, 3.05) is 14.1 Å². The maximum Gasteiger partial charge on any atom is 0.338 e. The van der Waals surface area contributed by atoms with Crippen molar-refractivity contribution in [3.8, 4) is 0 Å². The Balaban J connectivity index is 2.06. The van der Waals surface area contributed by atoms with Crippen LogP contribution in [0.5, 0.6) is 0 Å². The van der Waals surface area contributed by atoms with Crippen molar-refractivity contribution in [1.82, 2.24) is 4.31 Å². The van der Waals surface area contributed by atoms with Gasteiger partial charge in [-0.2, -0.15) is 0 Å². The van der Waals surface area contributed by atoms with Gasteiger partial charge in [0.2, 0.25) is 10.0 Å². The number of esters is 1. The van der Waals surface area contributed by atoms with Crippen molar-refractivity contribution in [3.63, 3.8) is 0 Å². The van der Waals surface area contributed by atoms with E-state index in [0.717, 1.165) is 15.4 Å². The van der Waals surface area contributed by atoms with Crippen molar-refractivity contribution in [3.05, 3.63) is 65.2 Å². The fraction of sp³-hybridized carbons (Fsp3) is 0.235. The third-order valence-electron chi connectivity index (χ3n) is 3.32. The van der Waals surface area contributed by atoms with Gasteiger partial charge in [0.25, 0.3) is 0 Å². The second-order valence-electron chi connectivity index (χ2n) is 5.38. The number of benzene rings is 2. The van der Waals surface area contributed by atoms with Crippen LogP contribution in [0.4, 0.5) is 0 Å². The summed E-state index contributed by atoms with van der Waals surface area (Å²) in [5, 5.41) is 0. The van der Waals surface area contributed by atoms with Crippen LogP contribution < -0.4 is 0 Å². The van der Waals surface area contributed by atoms with E-state index in [0.29, 0.717) is 5.56 Å². The molecule has 0 N–H and O–H groups in total. The zero-order valence-corrected chi connectivity index (χ0v) is 14.1. The zero-order valence-electron chi connectivity index (χ0n) is 13.3. The number of carbonyl (C=O) groups excluding carboxylic acids is 1. The summed E-state index contributed by atoms with van der Waals surface area (Å²) >= 11 is 0. The van der Waals surface area contributed by atoms with Crippen LogP contribution in [0.1, 0.15) is 21.5 Å². The van der Waals surface area contributed by atoms with Gasteiger partial charge in [-0.3, -0.25) is 0 Å². The topological polar surface area (TPSA) is 63.7 Å². The number of hydrogen-bond donors (Lipinski definition) is 0. The van der Waals surface area contributed by atoms with Gasteiger partial charge in [-0.1, -0.05) is 29.8 Å². The first-order valence-corrected chi connectivity index (χ1v) is 8.50. The highest BCUT2D eigenvalue weighted by atomic mass is 32.2. The zero-order chi connectivity index (χ0) is 17.0. The van der Waals surface area contributed by atoms with E-state index in [-0.39, 0.29) is 11.5 Å². The predicted molar refractivity (Wildman–Crippen MR) is 87.6 cm³/mol. The summed E-state index contributed by atoms with van der Waals surface area (Å²) < 4.78 is 30.3. The highest BCUT2D eigenvalue weighted by molar-refractivity contribution is 7.89. The Labute approximate surface area is 136 Å². The van der Waals surface area contributed by atoms with Gasteiger partial charge >= 0.3 is 5.97 Å². The van der Waals surface area contributed by atoms with Gasteiger partial charge < -0.3 is 4.74 Å². The largest absolute Gasteiger partial charge is 0.457 e. The Morgan fingerprint density at radius 3 is 2.30 bits per heavy atom. The smallest absolute Gasteiger partial charge is 0.338 e. The SMILES string of the molecule is Cc1cccc(COC(=O)c2ccc(S(=O)(=O)N(C)C)cc2)c1. The summed E-state index contributed by atoms with van der Waals surface area (Å²) in [5.74, 6) is -0.486. The molecule has 0 unspecified atom stereocenters. The molecule has 0 aliphatic carbocycles. The first kappa shape index (κ1) is 17.2. The number of carbonyl (C=O) groups is 1. The third kappa shape index (κ3) is 4.18. The second kappa shape index (κ2) is 6.93. The summed E-state index contributed by atoms with van der Waals surface area (Å²) in [6, 6.07) is 13.4. The molecule has 0 aliphatic rings. The second-order valence-corrected chi connectivity index (χ2v) is 7.53. The maximum absolute atomic E-state index is 12.0. The van der Waals surface area contributed by atoms with Crippen LogP contribution in [-0.4, -0.2) is 32.8 Å². The third-order valence-corrected chi connectivity index (χ3v) is 5.15. The molecule has 5 nitrogen and oxygen atoms in total. The van der Waals surface area contributed by atoms with E-state index in [2.05, 4.69) is 0 Å². The van der Waals surface area contributed by atoms with Crippen molar-refractivity contribution in [2.45, 2.75) is 18.4 Å². The minimum absolute atomic E-state index is 0.137. The van der Waals surface area contributed by atoms with Crippen LogP contribution in [0.2, 0.25) is 0 Å².